The molecule has 19 heteroatoms. The highest BCUT2D eigenvalue weighted by molar-refractivity contribution is 5.76. The van der Waals surface area contributed by atoms with Crippen molar-refractivity contribution in [1.29, 1.82) is 0 Å². The Morgan fingerprint density at radius 1 is 0.407 bits per heavy atom. The van der Waals surface area contributed by atoms with Gasteiger partial charge in [0.1, 0.15) is 73.2 Å². The van der Waals surface area contributed by atoms with Crippen LogP contribution in [0.1, 0.15) is 258 Å². The highest BCUT2D eigenvalue weighted by Gasteiger charge is 2.53. The summed E-state index contributed by atoms with van der Waals surface area (Å²) in [5.41, 5.74) is 0. The normalized spacial score (nSPS) is 28.2. The van der Waals surface area contributed by atoms with Crippen molar-refractivity contribution in [3.05, 3.63) is 60.8 Å². The number of aliphatic hydroxyl groups excluding tert-OH is 11. The highest BCUT2D eigenvalue weighted by atomic mass is 16.8. The fraction of sp³-hybridized carbons (Fsp3) is 0.847. The molecule has 0 aromatic heterocycles. The Bertz CT molecular complexity index is 1890. The number of unbranched alkanes of at least 4 members (excludes halogenated alkanes) is 29. The van der Waals surface area contributed by atoms with Crippen LogP contribution in [0.3, 0.4) is 0 Å². The molecule has 3 aliphatic rings. The molecule has 0 aliphatic carbocycles. The number of carbonyl (C=O) groups is 1. The van der Waals surface area contributed by atoms with Crippen molar-refractivity contribution in [2.75, 3.05) is 26.4 Å². The number of nitrogens with one attached hydrogen (secondary N) is 1. The molecule has 3 saturated heterocycles. The predicted molar refractivity (Wildman–Crippen MR) is 355 cm³/mol. The van der Waals surface area contributed by atoms with Gasteiger partial charge in [0, 0.05) is 6.42 Å². The average Bonchev–Trinajstić information content (AvgIpc) is 0.884. The van der Waals surface area contributed by atoms with E-state index in [4.69, 9.17) is 28.4 Å². The number of carbonyl (C=O) groups excluding carboxylic acids is 1. The number of amides is 1. The predicted octanol–water partition coefficient (Wildman–Crippen LogP) is 9.94. The molecule has 3 rings (SSSR count). The number of allylic oxidation sites excluding steroid dienone is 10. The lowest BCUT2D eigenvalue weighted by Crippen LogP contribution is -2.66. The number of rotatable bonds is 55. The van der Waals surface area contributed by atoms with Gasteiger partial charge in [-0.2, -0.15) is 0 Å². The molecular formula is C72H129NO18. The fourth-order valence-corrected chi connectivity index (χ4v) is 12.0. The minimum atomic E-state index is -1.97. The first-order valence-electron chi connectivity index (χ1n) is 36.0. The summed E-state index contributed by atoms with van der Waals surface area (Å²) < 4.78 is 34.4. The van der Waals surface area contributed by atoms with Crippen LogP contribution in [-0.4, -0.2) is 193 Å². The number of hydrogen-bond acceptors (Lipinski definition) is 18. The second-order valence-corrected chi connectivity index (χ2v) is 25.7. The number of aliphatic hydroxyl groups is 11. The maximum absolute atomic E-state index is 13.4. The zero-order valence-electron chi connectivity index (χ0n) is 56.1. The minimum absolute atomic E-state index is 0.244. The van der Waals surface area contributed by atoms with Crippen molar-refractivity contribution in [2.24, 2.45) is 0 Å². The van der Waals surface area contributed by atoms with E-state index in [1.165, 1.54) is 141 Å². The first-order chi connectivity index (χ1) is 44.3. The van der Waals surface area contributed by atoms with E-state index in [9.17, 15) is 61.0 Å². The summed E-state index contributed by atoms with van der Waals surface area (Å²) in [4.78, 5) is 13.4. The lowest BCUT2D eigenvalue weighted by Gasteiger charge is -2.48. The van der Waals surface area contributed by atoms with Gasteiger partial charge >= 0.3 is 0 Å². The van der Waals surface area contributed by atoms with Crippen molar-refractivity contribution < 1.29 is 89.4 Å². The van der Waals surface area contributed by atoms with E-state index < -0.39 is 124 Å². The standard InChI is InChI=1S/C72H129NO18/c1-3-5-7-9-11-13-15-17-19-21-22-23-24-25-26-27-28-29-30-31-32-34-36-38-40-42-44-46-48-50-60(78)73-55(56(77)49-47-45-43-41-39-37-35-33-20-18-16-14-12-10-8-6-4-2)54-86-70-66(84)63(81)68(58(52-75)88-70)91-72-67(85)64(82)69(59(53-76)89-72)90-71-65(83)62(80)61(79)57(51-74)87-71/h5,7,11,13,17,19,22-23,25-26,55-59,61-72,74-77,79-85H,3-4,6,8-10,12,14-16,18,20-21,24,27-54H2,1-2H3,(H,73,78)/b7-5-,13-11-,19-17-,23-22-,26-25-. The Balaban J connectivity index is 1.39. The van der Waals surface area contributed by atoms with E-state index in [0.717, 1.165) is 83.5 Å². The minimum Gasteiger partial charge on any atom is -0.394 e. The Kier molecular flexibility index (Phi) is 48.7. The topological polar surface area (TPSA) is 307 Å². The molecular weight excluding hydrogens is 1170 g/mol. The van der Waals surface area contributed by atoms with Crippen LogP contribution in [0.4, 0.5) is 0 Å². The maximum atomic E-state index is 13.4. The van der Waals surface area contributed by atoms with Crippen molar-refractivity contribution in [3.63, 3.8) is 0 Å². The van der Waals surface area contributed by atoms with Gasteiger partial charge < -0.3 is 89.9 Å². The van der Waals surface area contributed by atoms with Crippen LogP contribution < -0.4 is 5.32 Å². The molecule has 3 heterocycles. The molecule has 3 fully saturated rings. The molecule has 17 unspecified atom stereocenters. The molecule has 12 N–H and O–H groups in total. The summed E-state index contributed by atoms with van der Waals surface area (Å²) in [6.07, 6.45) is 38.6. The van der Waals surface area contributed by atoms with Gasteiger partial charge in [-0.1, -0.05) is 254 Å². The summed E-state index contributed by atoms with van der Waals surface area (Å²) in [6.45, 7) is 1.70. The van der Waals surface area contributed by atoms with Gasteiger partial charge in [0.25, 0.3) is 0 Å². The monoisotopic (exact) mass is 1300 g/mol. The fourth-order valence-electron chi connectivity index (χ4n) is 12.0. The van der Waals surface area contributed by atoms with Gasteiger partial charge in [0.05, 0.1) is 38.6 Å². The van der Waals surface area contributed by atoms with Gasteiger partial charge in [0.2, 0.25) is 5.91 Å². The van der Waals surface area contributed by atoms with E-state index in [0.29, 0.717) is 12.8 Å². The van der Waals surface area contributed by atoms with Gasteiger partial charge in [-0.25, -0.2) is 0 Å². The van der Waals surface area contributed by atoms with E-state index >= 15 is 0 Å². The van der Waals surface area contributed by atoms with Crippen molar-refractivity contribution in [2.45, 2.75) is 362 Å². The summed E-state index contributed by atoms with van der Waals surface area (Å²) in [7, 11) is 0. The molecule has 1 amide bonds. The molecule has 17 atom stereocenters. The second-order valence-electron chi connectivity index (χ2n) is 25.7. The van der Waals surface area contributed by atoms with Crippen LogP contribution >= 0.6 is 0 Å². The van der Waals surface area contributed by atoms with Crippen LogP contribution in [0, 0.1) is 0 Å². The van der Waals surface area contributed by atoms with Crippen molar-refractivity contribution in [3.8, 4) is 0 Å². The van der Waals surface area contributed by atoms with Gasteiger partial charge in [-0.3, -0.25) is 4.79 Å². The van der Waals surface area contributed by atoms with Gasteiger partial charge in [-0.15, -0.1) is 0 Å². The summed E-state index contributed by atoms with van der Waals surface area (Å²) in [5, 5.41) is 121. The van der Waals surface area contributed by atoms with E-state index in [2.05, 4.69) is 79.9 Å². The zero-order valence-corrected chi connectivity index (χ0v) is 56.1. The lowest BCUT2D eigenvalue weighted by molar-refractivity contribution is -0.379. The Hall–Kier alpha value is -2.51. The van der Waals surface area contributed by atoms with Crippen molar-refractivity contribution in [1.82, 2.24) is 5.32 Å². The average molecular weight is 1300 g/mol. The van der Waals surface area contributed by atoms with Crippen LogP contribution in [0.5, 0.6) is 0 Å². The molecule has 3 aliphatic heterocycles. The first-order valence-corrected chi connectivity index (χ1v) is 36.0. The molecule has 0 bridgehead atoms. The Morgan fingerprint density at radius 3 is 1.19 bits per heavy atom. The summed E-state index contributed by atoms with van der Waals surface area (Å²) in [6, 6.07) is -0.890. The van der Waals surface area contributed by atoms with Gasteiger partial charge in [-0.05, 0) is 57.8 Å². The van der Waals surface area contributed by atoms with Crippen LogP contribution in [0.25, 0.3) is 0 Å². The molecule has 19 nitrogen and oxygen atoms in total. The van der Waals surface area contributed by atoms with E-state index in [1.54, 1.807) is 0 Å². The third kappa shape index (κ3) is 35.4. The molecule has 91 heavy (non-hydrogen) atoms. The second kappa shape index (κ2) is 53.6. The largest absolute Gasteiger partial charge is 0.394 e. The molecule has 0 radical (unpaired) electrons. The molecule has 0 saturated carbocycles. The van der Waals surface area contributed by atoms with E-state index in [1.807, 2.05) is 0 Å². The number of ether oxygens (including phenoxy) is 6. The zero-order chi connectivity index (χ0) is 66.1. The quantitative estimate of drug-likeness (QED) is 0.0199. The van der Waals surface area contributed by atoms with E-state index in [-0.39, 0.29) is 18.9 Å². The van der Waals surface area contributed by atoms with Crippen LogP contribution in [0.15, 0.2) is 60.8 Å². The lowest BCUT2D eigenvalue weighted by atomic mass is 9.96. The number of hydrogen-bond donors (Lipinski definition) is 12. The summed E-state index contributed by atoms with van der Waals surface area (Å²) in [5.74, 6) is -0.244. The van der Waals surface area contributed by atoms with Gasteiger partial charge in [0.15, 0.2) is 18.9 Å². The smallest absolute Gasteiger partial charge is 0.220 e. The third-order valence-electron chi connectivity index (χ3n) is 17.9. The highest BCUT2D eigenvalue weighted by Crippen LogP contribution is 2.33. The molecule has 530 valence electrons. The third-order valence-corrected chi connectivity index (χ3v) is 17.9. The Labute approximate surface area is 547 Å². The van der Waals surface area contributed by atoms with Crippen molar-refractivity contribution >= 4 is 5.91 Å². The summed E-state index contributed by atoms with van der Waals surface area (Å²) >= 11 is 0. The SMILES string of the molecule is CC/C=C\C/C=C\C/C=C\C/C=C\C/C=C\CCCCCCCCCCCCCCCC(=O)NC(COC1OC(CO)C(OC2OC(CO)C(OC3OC(CO)C(O)C(O)C3O)C(O)C2O)C(O)C1O)C(O)CCCCCCCCCCCCCCCCCCC. The molecule has 0 spiro atoms. The first kappa shape index (κ1) is 82.7. The van der Waals surface area contributed by atoms with Crippen LogP contribution in [0.2, 0.25) is 0 Å². The molecule has 0 aromatic rings. The Morgan fingerprint density at radius 2 is 0.758 bits per heavy atom. The molecule has 0 aromatic carbocycles. The maximum Gasteiger partial charge on any atom is 0.220 e. The van der Waals surface area contributed by atoms with Crippen LogP contribution in [-0.2, 0) is 33.2 Å².